The van der Waals surface area contributed by atoms with E-state index in [1.807, 2.05) is 0 Å². The lowest BCUT2D eigenvalue weighted by molar-refractivity contribution is -0.140. The van der Waals surface area contributed by atoms with Gasteiger partial charge in [-0.05, 0) is 6.92 Å². The highest BCUT2D eigenvalue weighted by Crippen LogP contribution is 2.04. The lowest BCUT2D eigenvalue weighted by Crippen LogP contribution is -2.00. The van der Waals surface area contributed by atoms with Gasteiger partial charge in [0.2, 0.25) is 0 Å². The van der Waals surface area contributed by atoms with Crippen molar-refractivity contribution in [2.75, 3.05) is 7.11 Å². The Bertz CT molecular complexity index is 197. The van der Waals surface area contributed by atoms with Crippen molar-refractivity contribution in [1.29, 1.82) is 0 Å². The van der Waals surface area contributed by atoms with Gasteiger partial charge in [-0.3, -0.25) is 9.79 Å². The van der Waals surface area contributed by atoms with Crippen molar-refractivity contribution in [3.05, 3.63) is 11.9 Å². The number of allylic oxidation sites excluding steroid dienone is 1. The Morgan fingerprint density at radius 2 is 2.25 bits per heavy atom. The number of hydrogen-bond acceptors (Lipinski definition) is 4. The van der Waals surface area contributed by atoms with Crippen molar-refractivity contribution in [3.63, 3.8) is 0 Å². The third-order valence-corrected chi connectivity index (χ3v) is 1.30. The van der Waals surface area contributed by atoms with E-state index < -0.39 is 0 Å². The maximum absolute atomic E-state index is 10.7. The van der Waals surface area contributed by atoms with E-state index in [0.29, 0.717) is 18.5 Å². The minimum Gasteiger partial charge on any atom is -0.469 e. The van der Waals surface area contributed by atoms with E-state index >= 15 is 0 Å². The van der Waals surface area contributed by atoms with Gasteiger partial charge in [0.05, 0.1) is 19.2 Å². The second-order valence-corrected chi connectivity index (χ2v) is 2.12. The fourth-order valence-electron chi connectivity index (χ4n) is 0.689. The van der Waals surface area contributed by atoms with Crippen LogP contribution in [0.1, 0.15) is 19.8 Å². The van der Waals surface area contributed by atoms with Crippen molar-refractivity contribution in [2.24, 2.45) is 10.7 Å². The molecule has 0 aromatic rings. The minimum absolute atomic E-state index is 0.249. The minimum atomic E-state index is -0.249. The molecule has 0 atom stereocenters. The number of aliphatic imine (C=N–C) groups is 1. The van der Waals surface area contributed by atoms with Crippen LogP contribution in [0.2, 0.25) is 0 Å². The molecule has 0 bridgehead atoms. The molecule has 4 nitrogen and oxygen atoms in total. The van der Waals surface area contributed by atoms with Crippen LogP contribution in [-0.2, 0) is 9.53 Å². The highest BCUT2D eigenvalue weighted by atomic mass is 16.5. The van der Waals surface area contributed by atoms with Gasteiger partial charge in [0.25, 0.3) is 0 Å². The monoisotopic (exact) mass is 170 g/mol. The van der Waals surface area contributed by atoms with Gasteiger partial charge in [0.15, 0.2) is 0 Å². The molecular formula is C8H14N2O2. The van der Waals surface area contributed by atoms with E-state index in [9.17, 15) is 4.79 Å². The number of methoxy groups -OCH3 is 1. The zero-order chi connectivity index (χ0) is 9.40. The Balaban J connectivity index is 3.82. The molecule has 68 valence electrons. The molecule has 0 fully saturated rings. The predicted molar refractivity (Wildman–Crippen MR) is 47.7 cm³/mol. The molecule has 12 heavy (non-hydrogen) atoms. The first-order chi connectivity index (χ1) is 5.74. The SMILES string of the molecule is C/C=N\C(=C/N)CCC(=O)OC. The summed E-state index contributed by atoms with van der Waals surface area (Å²) in [5, 5.41) is 0. The summed E-state index contributed by atoms with van der Waals surface area (Å²) in [5.74, 6) is -0.249. The van der Waals surface area contributed by atoms with Gasteiger partial charge in [-0.2, -0.15) is 0 Å². The smallest absolute Gasteiger partial charge is 0.305 e. The first-order valence-corrected chi connectivity index (χ1v) is 3.70. The molecule has 0 heterocycles. The molecule has 0 aliphatic carbocycles. The van der Waals surface area contributed by atoms with Crippen molar-refractivity contribution >= 4 is 12.2 Å². The largest absolute Gasteiger partial charge is 0.469 e. The highest BCUT2D eigenvalue weighted by Gasteiger charge is 2.01. The fourth-order valence-corrected chi connectivity index (χ4v) is 0.689. The molecule has 0 radical (unpaired) electrons. The van der Waals surface area contributed by atoms with Gasteiger partial charge in [0.1, 0.15) is 0 Å². The number of carbonyl (C=O) groups is 1. The lowest BCUT2D eigenvalue weighted by Gasteiger charge is -1.98. The normalized spacial score (nSPS) is 12.0. The molecule has 0 unspecified atom stereocenters. The van der Waals surface area contributed by atoms with Gasteiger partial charge in [-0.25, -0.2) is 0 Å². The van der Waals surface area contributed by atoms with E-state index in [4.69, 9.17) is 5.73 Å². The summed E-state index contributed by atoms with van der Waals surface area (Å²) in [6.45, 7) is 1.79. The quantitative estimate of drug-likeness (QED) is 0.502. The van der Waals surface area contributed by atoms with E-state index in [1.54, 1.807) is 13.1 Å². The molecule has 0 aliphatic rings. The maximum Gasteiger partial charge on any atom is 0.305 e. The van der Waals surface area contributed by atoms with Crippen LogP contribution in [0.15, 0.2) is 16.9 Å². The first-order valence-electron chi connectivity index (χ1n) is 3.70. The van der Waals surface area contributed by atoms with Crippen molar-refractivity contribution in [1.82, 2.24) is 0 Å². The van der Waals surface area contributed by atoms with Crippen LogP contribution in [0, 0.1) is 0 Å². The number of nitrogens with zero attached hydrogens (tertiary/aromatic N) is 1. The van der Waals surface area contributed by atoms with Crippen LogP contribution in [0.3, 0.4) is 0 Å². The van der Waals surface area contributed by atoms with Crippen molar-refractivity contribution in [3.8, 4) is 0 Å². The number of carbonyl (C=O) groups excluding carboxylic acids is 1. The maximum atomic E-state index is 10.7. The summed E-state index contributed by atoms with van der Waals surface area (Å²) in [6.07, 6.45) is 3.86. The highest BCUT2D eigenvalue weighted by molar-refractivity contribution is 5.69. The Kier molecular flexibility index (Phi) is 5.69. The molecule has 0 aromatic carbocycles. The number of nitrogens with two attached hydrogens (primary N) is 1. The first kappa shape index (κ1) is 10.7. The molecule has 0 saturated carbocycles. The average molecular weight is 170 g/mol. The van der Waals surface area contributed by atoms with E-state index in [1.165, 1.54) is 13.3 Å². The van der Waals surface area contributed by atoms with E-state index in [-0.39, 0.29) is 5.97 Å². The Morgan fingerprint density at radius 3 is 2.67 bits per heavy atom. The molecule has 0 saturated heterocycles. The summed E-state index contributed by atoms with van der Waals surface area (Å²) in [4.78, 5) is 14.6. The Labute approximate surface area is 72.1 Å². The van der Waals surface area contributed by atoms with Crippen LogP contribution in [-0.4, -0.2) is 19.3 Å². The molecule has 2 N–H and O–H groups in total. The number of rotatable bonds is 4. The fraction of sp³-hybridized carbons (Fsp3) is 0.500. The van der Waals surface area contributed by atoms with Crippen LogP contribution in [0.5, 0.6) is 0 Å². The zero-order valence-corrected chi connectivity index (χ0v) is 7.41. The van der Waals surface area contributed by atoms with Crippen molar-refractivity contribution < 1.29 is 9.53 Å². The average Bonchev–Trinajstić information content (AvgIpc) is 2.11. The molecular weight excluding hydrogens is 156 g/mol. The number of esters is 1. The van der Waals surface area contributed by atoms with Crippen molar-refractivity contribution in [2.45, 2.75) is 19.8 Å². The second-order valence-electron chi connectivity index (χ2n) is 2.12. The third-order valence-electron chi connectivity index (χ3n) is 1.30. The van der Waals surface area contributed by atoms with Crippen LogP contribution < -0.4 is 5.73 Å². The third kappa shape index (κ3) is 4.49. The summed E-state index contributed by atoms with van der Waals surface area (Å²) < 4.78 is 4.46. The number of hydrogen-bond donors (Lipinski definition) is 1. The topological polar surface area (TPSA) is 64.7 Å². The van der Waals surface area contributed by atoms with E-state index in [0.717, 1.165) is 0 Å². The zero-order valence-electron chi connectivity index (χ0n) is 7.41. The van der Waals surface area contributed by atoms with E-state index in [2.05, 4.69) is 9.73 Å². The van der Waals surface area contributed by atoms with Crippen LogP contribution >= 0.6 is 0 Å². The van der Waals surface area contributed by atoms with Crippen LogP contribution in [0.4, 0.5) is 0 Å². The molecule has 0 amide bonds. The molecule has 4 heteroatoms. The van der Waals surface area contributed by atoms with Crippen LogP contribution in [0.25, 0.3) is 0 Å². The predicted octanol–water partition coefficient (Wildman–Crippen LogP) is 0.830. The molecule has 0 aromatic heterocycles. The lowest BCUT2D eigenvalue weighted by atomic mass is 10.2. The Hall–Kier alpha value is -1.32. The molecule has 0 spiro atoms. The van der Waals surface area contributed by atoms with Gasteiger partial charge < -0.3 is 10.5 Å². The molecule has 0 rings (SSSR count). The second kappa shape index (κ2) is 6.39. The summed E-state index contributed by atoms with van der Waals surface area (Å²) in [7, 11) is 1.36. The number of ether oxygens (including phenoxy) is 1. The standard InChI is InChI=1S/C8H14N2O2/c1-3-10-7(6-9)4-5-8(11)12-2/h3,6H,4-5,9H2,1-2H3/b7-6-,10-3-. The summed E-state index contributed by atoms with van der Waals surface area (Å²) in [6, 6.07) is 0. The Morgan fingerprint density at radius 1 is 1.58 bits per heavy atom. The molecule has 0 aliphatic heterocycles. The summed E-state index contributed by atoms with van der Waals surface area (Å²) >= 11 is 0. The summed E-state index contributed by atoms with van der Waals surface area (Å²) in [5.41, 5.74) is 5.96. The van der Waals surface area contributed by atoms with Gasteiger partial charge in [-0.15, -0.1) is 0 Å². The van der Waals surface area contributed by atoms with Gasteiger partial charge in [-0.1, -0.05) is 0 Å². The van der Waals surface area contributed by atoms with Gasteiger partial charge in [0, 0.05) is 18.8 Å². The van der Waals surface area contributed by atoms with Gasteiger partial charge >= 0.3 is 5.97 Å².